The number of carbonyl (C=O) groups is 1. The Morgan fingerprint density at radius 1 is 1.25 bits per heavy atom. The maximum Gasteiger partial charge on any atom is 0.315 e. The summed E-state index contributed by atoms with van der Waals surface area (Å²) in [5, 5.41) is 14.0. The van der Waals surface area contributed by atoms with Crippen LogP contribution in [0.5, 0.6) is 0 Å². The standard InChI is InChI=1S/C17H23N5O2/c1-24-14(13-7-3-2-4-8-13)11-18-17(23)19-12-16-21-20-15-9-5-6-10-22(15)16/h2-4,7-8,14H,5-6,9-12H2,1H3,(H2,18,19,23)/t14-/m0/s1. The van der Waals surface area contributed by atoms with Gasteiger partial charge in [-0.3, -0.25) is 0 Å². The molecule has 24 heavy (non-hydrogen) atoms. The molecular weight excluding hydrogens is 306 g/mol. The van der Waals surface area contributed by atoms with E-state index < -0.39 is 0 Å². The Bertz CT molecular complexity index is 671. The summed E-state index contributed by atoms with van der Waals surface area (Å²) in [7, 11) is 1.64. The van der Waals surface area contributed by atoms with E-state index in [1.165, 1.54) is 0 Å². The lowest BCUT2D eigenvalue weighted by atomic mass is 10.1. The molecule has 0 aliphatic carbocycles. The number of amides is 2. The first-order valence-electron chi connectivity index (χ1n) is 8.28. The van der Waals surface area contributed by atoms with E-state index in [1.54, 1.807) is 7.11 Å². The van der Waals surface area contributed by atoms with Crippen molar-refractivity contribution in [3.05, 3.63) is 47.5 Å². The number of urea groups is 1. The average molecular weight is 329 g/mol. The molecular formula is C17H23N5O2. The fourth-order valence-corrected chi connectivity index (χ4v) is 2.91. The number of aryl methyl sites for hydroxylation is 1. The fraction of sp³-hybridized carbons (Fsp3) is 0.471. The first kappa shape index (κ1) is 16.4. The van der Waals surface area contributed by atoms with Crippen molar-refractivity contribution < 1.29 is 9.53 Å². The zero-order valence-corrected chi connectivity index (χ0v) is 13.9. The summed E-state index contributed by atoms with van der Waals surface area (Å²) in [5.74, 6) is 1.83. The van der Waals surface area contributed by atoms with Gasteiger partial charge in [0.15, 0.2) is 5.82 Å². The van der Waals surface area contributed by atoms with Gasteiger partial charge in [0.1, 0.15) is 5.82 Å². The van der Waals surface area contributed by atoms with Crippen LogP contribution in [0.3, 0.4) is 0 Å². The van der Waals surface area contributed by atoms with Gasteiger partial charge in [0.2, 0.25) is 0 Å². The monoisotopic (exact) mass is 329 g/mol. The van der Waals surface area contributed by atoms with Gasteiger partial charge in [-0.2, -0.15) is 0 Å². The number of aromatic nitrogens is 3. The molecule has 2 aromatic rings. The van der Waals surface area contributed by atoms with Crippen molar-refractivity contribution in [2.45, 2.75) is 38.5 Å². The second-order valence-electron chi connectivity index (χ2n) is 5.84. The van der Waals surface area contributed by atoms with Crippen molar-refractivity contribution in [1.82, 2.24) is 25.4 Å². The Balaban J connectivity index is 1.48. The smallest absolute Gasteiger partial charge is 0.315 e. The lowest BCUT2D eigenvalue weighted by molar-refractivity contribution is 0.104. The highest BCUT2D eigenvalue weighted by Crippen LogP contribution is 2.15. The van der Waals surface area contributed by atoms with Crippen LogP contribution < -0.4 is 10.6 Å². The van der Waals surface area contributed by atoms with Gasteiger partial charge in [-0.15, -0.1) is 10.2 Å². The molecule has 1 aliphatic rings. The van der Waals surface area contributed by atoms with E-state index in [-0.39, 0.29) is 12.1 Å². The fourth-order valence-electron chi connectivity index (χ4n) is 2.91. The second kappa shape index (κ2) is 7.92. The van der Waals surface area contributed by atoms with Crippen molar-refractivity contribution in [2.75, 3.05) is 13.7 Å². The summed E-state index contributed by atoms with van der Waals surface area (Å²) in [6.07, 6.45) is 3.09. The Hall–Kier alpha value is -2.41. The van der Waals surface area contributed by atoms with Gasteiger partial charge < -0.3 is 19.9 Å². The number of nitrogens with zero attached hydrogens (tertiary/aromatic N) is 3. The molecule has 2 N–H and O–H groups in total. The van der Waals surface area contributed by atoms with Gasteiger partial charge in [-0.25, -0.2) is 4.79 Å². The minimum Gasteiger partial charge on any atom is -0.375 e. The van der Waals surface area contributed by atoms with Crippen molar-refractivity contribution >= 4 is 6.03 Å². The molecule has 1 atom stereocenters. The van der Waals surface area contributed by atoms with Gasteiger partial charge in [-0.1, -0.05) is 30.3 Å². The Morgan fingerprint density at radius 2 is 2.08 bits per heavy atom. The lowest BCUT2D eigenvalue weighted by Crippen LogP contribution is -2.38. The largest absolute Gasteiger partial charge is 0.375 e. The van der Waals surface area contributed by atoms with E-state index in [1.807, 2.05) is 30.3 Å². The average Bonchev–Trinajstić information content (AvgIpc) is 3.04. The molecule has 7 heteroatoms. The van der Waals surface area contributed by atoms with E-state index in [9.17, 15) is 4.79 Å². The molecule has 3 rings (SSSR count). The van der Waals surface area contributed by atoms with Gasteiger partial charge in [0.05, 0.1) is 12.6 Å². The third-order valence-electron chi connectivity index (χ3n) is 4.25. The molecule has 2 heterocycles. The van der Waals surface area contributed by atoms with Crippen LogP contribution in [0.15, 0.2) is 30.3 Å². The van der Waals surface area contributed by atoms with Crippen molar-refractivity contribution in [3.8, 4) is 0 Å². The third-order valence-corrected chi connectivity index (χ3v) is 4.25. The van der Waals surface area contributed by atoms with E-state index in [4.69, 9.17) is 4.74 Å². The van der Waals surface area contributed by atoms with Crippen molar-refractivity contribution in [1.29, 1.82) is 0 Å². The minimum atomic E-state index is -0.235. The van der Waals surface area contributed by atoms with Crippen LogP contribution in [0, 0.1) is 0 Å². The summed E-state index contributed by atoms with van der Waals surface area (Å²) in [6, 6.07) is 9.59. The van der Waals surface area contributed by atoms with Gasteiger partial charge >= 0.3 is 6.03 Å². The molecule has 1 aliphatic heterocycles. The number of methoxy groups -OCH3 is 1. The predicted octanol–water partition coefficient (Wildman–Crippen LogP) is 1.80. The van der Waals surface area contributed by atoms with Gasteiger partial charge in [0, 0.05) is 26.6 Å². The van der Waals surface area contributed by atoms with Crippen LogP contribution >= 0.6 is 0 Å². The molecule has 0 spiro atoms. The van der Waals surface area contributed by atoms with Crippen molar-refractivity contribution in [2.24, 2.45) is 0 Å². The van der Waals surface area contributed by atoms with E-state index in [2.05, 4.69) is 25.4 Å². The summed E-state index contributed by atoms with van der Waals surface area (Å²) >= 11 is 0. The zero-order valence-electron chi connectivity index (χ0n) is 13.9. The predicted molar refractivity (Wildman–Crippen MR) is 89.4 cm³/mol. The van der Waals surface area contributed by atoms with Crippen LogP contribution in [0.2, 0.25) is 0 Å². The molecule has 128 valence electrons. The van der Waals surface area contributed by atoms with Crippen LogP contribution in [0.1, 0.15) is 36.2 Å². The van der Waals surface area contributed by atoms with E-state index in [0.29, 0.717) is 13.1 Å². The normalized spacial score (nSPS) is 14.7. The molecule has 0 bridgehead atoms. The Morgan fingerprint density at radius 3 is 2.88 bits per heavy atom. The number of fused-ring (bicyclic) bond motifs is 1. The summed E-state index contributed by atoms with van der Waals surface area (Å²) in [6.45, 7) is 1.72. The van der Waals surface area contributed by atoms with E-state index >= 15 is 0 Å². The summed E-state index contributed by atoms with van der Waals surface area (Å²) in [5.41, 5.74) is 1.03. The van der Waals surface area contributed by atoms with Crippen LogP contribution in [0.4, 0.5) is 4.79 Å². The highest BCUT2D eigenvalue weighted by atomic mass is 16.5. The van der Waals surface area contributed by atoms with Gasteiger partial charge in [-0.05, 0) is 18.4 Å². The maximum absolute atomic E-state index is 12.0. The number of benzene rings is 1. The van der Waals surface area contributed by atoms with Crippen LogP contribution in [0.25, 0.3) is 0 Å². The lowest BCUT2D eigenvalue weighted by Gasteiger charge is -2.17. The molecule has 0 saturated heterocycles. The molecule has 7 nitrogen and oxygen atoms in total. The molecule has 0 radical (unpaired) electrons. The number of nitrogens with one attached hydrogen (secondary N) is 2. The molecule has 1 aromatic heterocycles. The number of hydrogen-bond acceptors (Lipinski definition) is 4. The minimum absolute atomic E-state index is 0.169. The SMILES string of the molecule is CO[C@@H](CNC(=O)NCc1nnc2n1CCCC2)c1ccccc1. The quantitative estimate of drug-likeness (QED) is 0.847. The highest BCUT2D eigenvalue weighted by Gasteiger charge is 2.16. The highest BCUT2D eigenvalue weighted by molar-refractivity contribution is 5.73. The zero-order chi connectivity index (χ0) is 16.8. The first-order chi connectivity index (χ1) is 11.8. The third kappa shape index (κ3) is 3.91. The second-order valence-corrected chi connectivity index (χ2v) is 5.84. The molecule has 0 saturated carbocycles. The van der Waals surface area contributed by atoms with Crippen molar-refractivity contribution in [3.63, 3.8) is 0 Å². The number of ether oxygens (including phenoxy) is 1. The van der Waals surface area contributed by atoms with Crippen LogP contribution in [-0.4, -0.2) is 34.5 Å². The molecule has 1 aromatic carbocycles. The maximum atomic E-state index is 12.0. The summed E-state index contributed by atoms with van der Waals surface area (Å²) < 4.78 is 7.55. The van der Waals surface area contributed by atoms with E-state index in [0.717, 1.165) is 43.0 Å². The summed E-state index contributed by atoms with van der Waals surface area (Å²) in [4.78, 5) is 12.0. The van der Waals surface area contributed by atoms with Crippen LogP contribution in [-0.2, 0) is 24.2 Å². The molecule has 0 fully saturated rings. The Kier molecular flexibility index (Phi) is 5.43. The number of rotatable bonds is 6. The van der Waals surface area contributed by atoms with Gasteiger partial charge in [0.25, 0.3) is 0 Å². The first-order valence-corrected chi connectivity index (χ1v) is 8.28. The Labute approximate surface area is 141 Å². The number of hydrogen-bond donors (Lipinski definition) is 2. The molecule has 2 amide bonds. The molecule has 0 unspecified atom stereocenters. The topological polar surface area (TPSA) is 81.1 Å². The number of carbonyl (C=O) groups excluding carboxylic acids is 1.